The van der Waals surface area contributed by atoms with Crippen LogP contribution < -0.4 is 15.5 Å². The second-order valence-corrected chi connectivity index (χ2v) is 10.0. The molecule has 0 aliphatic carbocycles. The number of anilines is 2. The summed E-state index contributed by atoms with van der Waals surface area (Å²) < 4.78 is 46.3. The van der Waals surface area contributed by atoms with Crippen LogP contribution in [0, 0.1) is 0 Å². The molecule has 1 fully saturated rings. The number of thiophene rings is 1. The zero-order valence-corrected chi connectivity index (χ0v) is 21.3. The van der Waals surface area contributed by atoms with E-state index >= 15 is 0 Å². The zero-order chi connectivity index (χ0) is 25.8. The van der Waals surface area contributed by atoms with Gasteiger partial charge in [-0.15, -0.1) is 21.5 Å². The highest BCUT2D eigenvalue weighted by Gasteiger charge is 2.36. The number of rotatable bonds is 8. The van der Waals surface area contributed by atoms with Crippen molar-refractivity contribution in [2.45, 2.75) is 19.1 Å². The molecule has 6 nitrogen and oxygen atoms in total. The number of benzene rings is 2. The van der Waals surface area contributed by atoms with Crippen LogP contribution in [0.1, 0.15) is 16.1 Å². The fourth-order valence-corrected chi connectivity index (χ4v) is 5.63. The lowest BCUT2D eigenvalue weighted by Crippen LogP contribution is -2.36. The SMILES string of the molecule is CNCc1ccccc1-c1ccc(CCNc2nnc(C(F)(F)F)c3ccc(N4CCOCC4)cc23)s1. The van der Waals surface area contributed by atoms with Gasteiger partial charge in [0.05, 0.1) is 13.2 Å². The molecule has 0 spiro atoms. The molecule has 0 unspecified atom stereocenters. The number of nitrogens with one attached hydrogen (secondary N) is 2. The molecule has 1 saturated heterocycles. The number of aromatic nitrogens is 2. The molecule has 5 rings (SSSR count). The summed E-state index contributed by atoms with van der Waals surface area (Å²) in [6.07, 6.45) is -3.87. The highest BCUT2D eigenvalue weighted by Crippen LogP contribution is 2.37. The first kappa shape index (κ1) is 25.4. The molecule has 0 saturated carbocycles. The Labute approximate surface area is 217 Å². The molecule has 0 radical (unpaired) electrons. The lowest BCUT2D eigenvalue weighted by Gasteiger charge is -2.29. The highest BCUT2D eigenvalue weighted by atomic mass is 32.1. The number of fused-ring (bicyclic) bond motifs is 1. The van der Waals surface area contributed by atoms with Crippen molar-refractivity contribution in [1.29, 1.82) is 0 Å². The van der Waals surface area contributed by atoms with E-state index in [9.17, 15) is 13.2 Å². The monoisotopic (exact) mass is 527 g/mol. The molecule has 2 N–H and O–H groups in total. The zero-order valence-electron chi connectivity index (χ0n) is 20.4. The molecule has 3 heterocycles. The van der Waals surface area contributed by atoms with Crippen LogP contribution in [0.3, 0.4) is 0 Å². The molecule has 1 aliphatic heterocycles. The van der Waals surface area contributed by atoms with E-state index in [1.165, 1.54) is 26.9 Å². The molecule has 2 aromatic carbocycles. The van der Waals surface area contributed by atoms with Crippen molar-refractivity contribution in [2.24, 2.45) is 0 Å². The van der Waals surface area contributed by atoms with E-state index < -0.39 is 11.9 Å². The summed E-state index contributed by atoms with van der Waals surface area (Å²) in [7, 11) is 1.93. The van der Waals surface area contributed by atoms with E-state index in [1.807, 2.05) is 19.2 Å². The van der Waals surface area contributed by atoms with Gasteiger partial charge < -0.3 is 20.3 Å². The van der Waals surface area contributed by atoms with Crippen LogP contribution in [-0.4, -0.2) is 50.1 Å². The van der Waals surface area contributed by atoms with Gasteiger partial charge in [-0.05, 0) is 54.9 Å². The summed E-state index contributed by atoms with van der Waals surface area (Å²) in [6, 6.07) is 17.5. The van der Waals surface area contributed by atoms with E-state index in [0.717, 1.165) is 12.2 Å². The summed E-state index contributed by atoms with van der Waals surface area (Å²) in [5, 5.41) is 14.4. The smallest absolute Gasteiger partial charge is 0.378 e. The number of hydrogen-bond acceptors (Lipinski definition) is 7. The minimum atomic E-state index is -4.58. The van der Waals surface area contributed by atoms with Gasteiger partial charge in [0, 0.05) is 52.4 Å². The van der Waals surface area contributed by atoms with Crippen LogP contribution in [0.15, 0.2) is 54.6 Å². The van der Waals surface area contributed by atoms with Gasteiger partial charge in [0.2, 0.25) is 0 Å². The highest BCUT2D eigenvalue weighted by molar-refractivity contribution is 7.15. The van der Waals surface area contributed by atoms with Crippen molar-refractivity contribution in [1.82, 2.24) is 15.5 Å². The number of hydrogen-bond donors (Lipinski definition) is 2. The first-order valence-electron chi connectivity index (χ1n) is 12.2. The first-order valence-corrected chi connectivity index (χ1v) is 13.0. The van der Waals surface area contributed by atoms with Crippen LogP contribution >= 0.6 is 11.3 Å². The normalized spacial score (nSPS) is 14.3. The minimum absolute atomic E-state index is 0.0431. The fraction of sp³-hybridized carbons (Fsp3) is 0.333. The number of halogens is 3. The van der Waals surface area contributed by atoms with Crippen LogP contribution in [-0.2, 0) is 23.9 Å². The Balaban J connectivity index is 1.36. The van der Waals surface area contributed by atoms with Gasteiger partial charge in [0.25, 0.3) is 0 Å². The Kier molecular flexibility index (Phi) is 7.59. The van der Waals surface area contributed by atoms with Crippen LogP contribution in [0.5, 0.6) is 0 Å². The van der Waals surface area contributed by atoms with Gasteiger partial charge in [0.15, 0.2) is 11.5 Å². The van der Waals surface area contributed by atoms with Crippen molar-refractivity contribution >= 4 is 33.6 Å². The maximum absolute atomic E-state index is 13.6. The van der Waals surface area contributed by atoms with Gasteiger partial charge in [-0.1, -0.05) is 24.3 Å². The number of alkyl halides is 3. The molecule has 1 aliphatic rings. The molecule has 10 heteroatoms. The Bertz CT molecular complexity index is 1370. The standard InChI is InChI=1S/C27H28F3N5OS/c1-31-17-18-4-2-3-5-21(18)24-9-7-20(37-24)10-11-32-26-23-16-19(35-12-14-36-15-13-35)6-8-22(23)25(33-34-26)27(28,29)30/h2-9,16,31H,10-15,17H2,1H3,(H,32,34). The van der Waals surface area contributed by atoms with Gasteiger partial charge >= 0.3 is 6.18 Å². The topological polar surface area (TPSA) is 62.3 Å². The Morgan fingerprint density at radius 3 is 2.59 bits per heavy atom. The molecule has 0 bridgehead atoms. The van der Waals surface area contributed by atoms with Crippen LogP contribution in [0.2, 0.25) is 0 Å². The second kappa shape index (κ2) is 11.0. The van der Waals surface area contributed by atoms with E-state index in [0.29, 0.717) is 50.5 Å². The number of morpholine rings is 1. The van der Waals surface area contributed by atoms with Crippen molar-refractivity contribution in [3.05, 3.63) is 70.7 Å². The average Bonchev–Trinajstić information content (AvgIpc) is 3.37. The predicted octanol–water partition coefficient (Wildman–Crippen LogP) is 5.59. The minimum Gasteiger partial charge on any atom is -0.378 e. The van der Waals surface area contributed by atoms with Crippen molar-refractivity contribution in [3.63, 3.8) is 0 Å². The number of nitrogens with zero attached hydrogens (tertiary/aromatic N) is 3. The largest absolute Gasteiger partial charge is 0.435 e. The van der Waals surface area contributed by atoms with Crippen molar-refractivity contribution < 1.29 is 17.9 Å². The average molecular weight is 528 g/mol. The molecule has 0 amide bonds. The molecule has 37 heavy (non-hydrogen) atoms. The summed E-state index contributed by atoms with van der Waals surface area (Å²) in [5.41, 5.74) is 2.32. The molecule has 0 atom stereocenters. The lowest BCUT2D eigenvalue weighted by atomic mass is 10.1. The quantitative estimate of drug-likeness (QED) is 0.312. The lowest BCUT2D eigenvalue weighted by molar-refractivity contribution is -0.140. The Morgan fingerprint density at radius 1 is 1.00 bits per heavy atom. The molecule has 4 aromatic rings. The summed E-state index contributed by atoms with van der Waals surface area (Å²) in [5.74, 6) is 0.356. The summed E-state index contributed by atoms with van der Waals surface area (Å²) in [6.45, 7) is 3.88. The van der Waals surface area contributed by atoms with Crippen LogP contribution in [0.4, 0.5) is 24.7 Å². The second-order valence-electron chi connectivity index (χ2n) is 8.85. The molecular weight excluding hydrogens is 499 g/mol. The number of ether oxygens (including phenoxy) is 1. The first-order chi connectivity index (χ1) is 17.9. The van der Waals surface area contributed by atoms with Gasteiger partial charge in [-0.25, -0.2) is 0 Å². The summed E-state index contributed by atoms with van der Waals surface area (Å²) >= 11 is 1.72. The maximum Gasteiger partial charge on any atom is 0.435 e. The van der Waals surface area contributed by atoms with Crippen molar-refractivity contribution in [2.75, 3.05) is 50.1 Å². The Hall–Kier alpha value is -3.21. The van der Waals surface area contributed by atoms with E-state index in [2.05, 4.69) is 50.0 Å². The Morgan fingerprint density at radius 2 is 1.81 bits per heavy atom. The van der Waals surface area contributed by atoms with E-state index in [4.69, 9.17) is 4.74 Å². The van der Waals surface area contributed by atoms with E-state index in [1.54, 1.807) is 23.5 Å². The van der Waals surface area contributed by atoms with Crippen LogP contribution in [0.25, 0.3) is 21.2 Å². The van der Waals surface area contributed by atoms with E-state index in [-0.39, 0.29) is 5.39 Å². The third-order valence-corrected chi connectivity index (χ3v) is 7.56. The fourth-order valence-electron chi connectivity index (χ4n) is 4.57. The predicted molar refractivity (Wildman–Crippen MR) is 142 cm³/mol. The third kappa shape index (κ3) is 5.71. The summed E-state index contributed by atoms with van der Waals surface area (Å²) in [4.78, 5) is 4.48. The third-order valence-electron chi connectivity index (χ3n) is 6.38. The molecular formula is C27H28F3N5OS. The molecule has 2 aromatic heterocycles. The maximum atomic E-state index is 13.6. The van der Waals surface area contributed by atoms with Gasteiger partial charge in [-0.2, -0.15) is 13.2 Å². The van der Waals surface area contributed by atoms with Gasteiger partial charge in [0.1, 0.15) is 0 Å². The van der Waals surface area contributed by atoms with Crippen molar-refractivity contribution in [3.8, 4) is 10.4 Å². The molecule has 194 valence electrons. The van der Waals surface area contributed by atoms with Gasteiger partial charge in [-0.3, -0.25) is 0 Å².